The lowest BCUT2D eigenvalue weighted by Gasteiger charge is -2.23. The number of hydrogen-bond acceptors (Lipinski definition) is 4. The fourth-order valence-corrected chi connectivity index (χ4v) is 3.76. The first-order chi connectivity index (χ1) is 12.7. The van der Waals surface area contributed by atoms with Crippen molar-refractivity contribution in [3.63, 3.8) is 0 Å². The summed E-state index contributed by atoms with van der Waals surface area (Å²) in [6.07, 6.45) is 1.87. The SMILES string of the molecule is CCNC(=NCc1ccc(S(=O)(=O)NCC2CCCO2)cc1)NC(C)(C)C. The maximum absolute atomic E-state index is 12.4. The lowest BCUT2D eigenvalue weighted by molar-refractivity contribution is 0.114. The van der Waals surface area contributed by atoms with Crippen molar-refractivity contribution in [2.75, 3.05) is 19.7 Å². The van der Waals surface area contributed by atoms with Crippen molar-refractivity contribution in [1.82, 2.24) is 15.4 Å². The van der Waals surface area contributed by atoms with E-state index in [9.17, 15) is 8.42 Å². The molecule has 1 atom stereocenters. The van der Waals surface area contributed by atoms with Gasteiger partial charge in [0.2, 0.25) is 10.0 Å². The highest BCUT2D eigenvalue weighted by Crippen LogP contribution is 2.14. The Morgan fingerprint density at radius 1 is 1.26 bits per heavy atom. The molecule has 1 aromatic carbocycles. The molecule has 1 saturated heterocycles. The lowest BCUT2D eigenvalue weighted by Crippen LogP contribution is -2.47. The van der Waals surface area contributed by atoms with Crippen LogP contribution in [0, 0.1) is 0 Å². The predicted octanol–water partition coefficient (Wildman–Crippen LogP) is 2.00. The van der Waals surface area contributed by atoms with Gasteiger partial charge in [-0.05, 0) is 58.2 Å². The third-order valence-corrected chi connectivity index (χ3v) is 5.46. The number of hydrogen-bond donors (Lipinski definition) is 3. The molecule has 0 amide bonds. The van der Waals surface area contributed by atoms with E-state index in [0.717, 1.165) is 30.9 Å². The van der Waals surface area contributed by atoms with E-state index in [-0.39, 0.29) is 16.5 Å². The molecule has 0 aromatic heterocycles. The first-order valence-corrected chi connectivity index (χ1v) is 10.9. The monoisotopic (exact) mass is 396 g/mol. The van der Waals surface area contributed by atoms with Crippen LogP contribution in [0.1, 0.15) is 46.1 Å². The van der Waals surface area contributed by atoms with Gasteiger partial charge in [0, 0.05) is 25.2 Å². The summed E-state index contributed by atoms with van der Waals surface area (Å²) in [6, 6.07) is 6.83. The summed E-state index contributed by atoms with van der Waals surface area (Å²) in [4.78, 5) is 4.82. The standard InChI is InChI=1S/C19H32N4O3S/c1-5-20-18(23-19(2,3)4)21-13-15-8-10-17(11-9-15)27(24,25)22-14-16-7-6-12-26-16/h8-11,16,22H,5-7,12-14H2,1-4H3,(H2,20,21,23). The molecule has 1 heterocycles. The van der Waals surface area contributed by atoms with Gasteiger partial charge in [0.15, 0.2) is 5.96 Å². The normalized spacial score (nSPS) is 18.5. The van der Waals surface area contributed by atoms with Gasteiger partial charge in [0.05, 0.1) is 17.5 Å². The molecule has 0 spiro atoms. The van der Waals surface area contributed by atoms with E-state index < -0.39 is 10.0 Å². The van der Waals surface area contributed by atoms with Crippen molar-refractivity contribution < 1.29 is 13.2 Å². The molecule has 0 bridgehead atoms. The minimum atomic E-state index is -3.52. The Balaban J connectivity index is 1.97. The van der Waals surface area contributed by atoms with Crippen LogP contribution >= 0.6 is 0 Å². The van der Waals surface area contributed by atoms with Gasteiger partial charge in [0.1, 0.15) is 0 Å². The number of sulfonamides is 1. The van der Waals surface area contributed by atoms with Crippen LogP contribution in [-0.2, 0) is 21.3 Å². The number of nitrogens with zero attached hydrogens (tertiary/aromatic N) is 1. The summed E-state index contributed by atoms with van der Waals surface area (Å²) in [6.45, 7) is 10.5. The number of ether oxygens (including phenoxy) is 1. The van der Waals surface area contributed by atoms with Crippen LogP contribution in [0.15, 0.2) is 34.2 Å². The molecule has 152 valence electrons. The number of nitrogens with one attached hydrogen (secondary N) is 3. The van der Waals surface area contributed by atoms with E-state index in [4.69, 9.17) is 4.74 Å². The Morgan fingerprint density at radius 2 is 1.96 bits per heavy atom. The smallest absolute Gasteiger partial charge is 0.240 e. The van der Waals surface area contributed by atoms with Crippen molar-refractivity contribution in [1.29, 1.82) is 0 Å². The zero-order valence-electron chi connectivity index (χ0n) is 16.7. The molecule has 0 saturated carbocycles. The summed E-state index contributed by atoms with van der Waals surface area (Å²) in [5, 5.41) is 6.54. The molecule has 1 fully saturated rings. The van der Waals surface area contributed by atoms with Crippen LogP contribution in [0.5, 0.6) is 0 Å². The van der Waals surface area contributed by atoms with Crippen LogP contribution in [0.2, 0.25) is 0 Å². The number of benzene rings is 1. The molecule has 27 heavy (non-hydrogen) atoms. The van der Waals surface area contributed by atoms with Gasteiger partial charge in [-0.1, -0.05) is 12.1 Å². The summed E-state index contributed by atoms with van der Waals surface area (Å²) in [7, 11) is -3.52. The highest BCUT2D eigenvalue weighted by Gasteiger charge is 2.20. The van der Waals surface area contributed by atoms with E-state index in [1.165, 1.54) is 0 Å². The van der Waals surface area contributed by atoms with E-state index >= 15 is 0 Å². The molecule has 1 aliphatic rings. The Morgan fingerprint density at radius 3 is 2.52 bits per heavy atom. The van der Waals surface area contributed by atoms with Crippen LogP contribution in [0.3, 0.4) is 0 Å². The van der Waals surface area contributed by atoms with Gasteiger partial charge >= 0.3 is 0 Å². The quantitative estimate of drug-likeness (QED) is 0.484. The highest BCUT2D eigenvalue weighted by atomic mass is 32.2. The van der Waals surface area contributed by atoms with Crippen LogP contribution < -0.4 is 15.4 Å². The van der Waals surface area contributed by atoms with Crippen molar-refractivity contribution in [2.24, 2.45) is 4.99 Å². The predicted molar refractivity (Wildman–Crippen MR) is 108 cm³/mol. The zero-order valence-corrected chi connectivity index (χ0v) is 17.5. The fourth-order valence-electron chi connectivity index (χ4n) is 2.70. The van der Waals surface area contributed by atoms with Crippen molar-refractivity contribution in [3.05, 3.63) is 29.8 Å². The molecule has 1 aromatic rings. The van der Waals surface area contributed by atoms with Crippen molar-refractivity contribution in [3.8, 4) is 0 Å². The second-order valence-corrected chi connectivity index (χ2v) is 9.47. The minimum absolute atomic E-state index is 0.0202. The first kappa shape index (κ1) is 21.7. The number of aliphatic imine (C=N–C) groups is 1. The topological polar surface area (TPSA) is 91.8 Å². The van der Waals surface area contributed by atoms with Crippen molar-refractivity contribution >= 4 is 16.0 Å². The van der Waals surface area contributed by atoms with Gasteiger partial charge < -0.3 is 15.4 Å². The Labute approximate surface area is 163 Å². The first-order valence-electron chi connectivity index (χ1n) is 9.46. The summed E-state index contributed by atoms with van der Waals surface area (Å²) in [5.74, 6) is 0.736. The van der Waals surface area contributed by atoms with Crippen LogP contribution in [-0.4, -0.2) is 45.7 Å². The van der Waals surface area contributed by atoms with Gasteiger partial charge in [-0.2, -0.15) is 0 Å². The Kier molecular flexibility index (Phi) is 7.64. The minimum Gasteiger partial charge on any atom is -0.377 e. The second kappa shape index (κ2) is 9.52. The van der Waals surface area contributed by atoms with Crippen LogP contribution in [0.4, 0.5) is 0 Å². The molecule has 3 N–H and O–H groups in total. The molecule has 2 rings (SSSR count). The zero-order chi connectivity index (χ0) is 19.9. The van der Waals surface area contributed by atoms with Gasteiger partial charge in [-0.3, -0.25) is 0 Å². The van der Waals surface area contributed by atoms with E-state index in [1.54, 1.807) is 24.3 Å². The summed E-state index contributed by atoms with van der Waals surface area (Å²) < 4.78 is 32.9. The average Bonchev–Trinajstić information content (AvgIpc) is 3.11. The van der Waals surface area contributed by atoms with Gasteiger partial charge in [-0.15, -0.1) is 0 Å². The summed E-state index contributed by atoms with van der Waals surface area (Å²) >= 11 is 0. The largest absolute Gasteiger partial charge is 0.377 e. The molecular weight excluding hydrogens is 364 g/mol. The van der Waals surface area contributed by atoms with E-state index in [2.05, 4.69) is 41.1 Å². The fraction of sp³-hybridized carbons (Fsp3) is 0.632. The third kappa shape index (κ3) is 7.48. The molecule has 7 nitrogen and oxygen atoms in total. The summed E-state index contributed by atoms with van der Waals surface area (Å²) in [5.41, 5.74) is 0.854. The van der Waals surface area contributed by atoms with Crippen molar-refractivity contribution in [2.45, 2.75) is 63.6 Å². The van der Waals surface area contributed by atoms with E-state index in [0.29, 0.717) is 19.7 Å². The molecule has 0 radical (unpaired) electrons. The molecule has 8 heteroatoms. The maximum atomic E-state index is 12.4. The average molecular weight is 397 g/mol. The molecule has 1 aliphatic heterocycles. The Bertz CT molecular complexity index is 718. The Hall–Kier alpha value is -1.64. The van der Waals surface area contributed by atoms with E-state index in [1.807, 2.05) is 6.92 Å². The molecule has 1 unspecified atom stereocenters. The molecule has 0 aliphatic carbocycles. The molecular formula is C19H32N4O3S. The van der Waals surface area contributed by atoms with Gasteiger partial charge in [0.25, 0.3) is 0 Å². The highest BCUT2D eigenvalue weighted by molar-refractivity contribution is 7.89. The number of rotatable bonds is 7. The van der Waals surface area contributed by atoms with Gasteiger partial charge in [-0.25, -0.2) is 18.1 Å². The second-order valence-electron chi connectivity index (χ2n) is 7.70. The van der Waals surface area contributed by atoms with Crippen LogP contribution in [0.25, 0.3) is 0 Å². The maximum Gasteiger partial charge on any atom is 0.240 e. The number of guanidine groups is 1. The third-order valence-electron chi connectivity index (χ3n) is 4.02. The lowest BCUT2D eigenvalue weighted by atomic mass is 10.1.